The molecule has 1 aromatic rings. The molecule has 60 valence electrons. The monoisotopic (exact) mass is 170 g/mol. The van der Waals surface area contributed by atoms with Gasteiger partial charge in [0.05, 0.1) is 6.20 Å². The molecule has 1 aromatic heterocycles. The standard InChI is InChI=1S/C7H10N2OS/c8-7-5(4-9-10-7)6-2-1-3-11-6/h4,6H,1-3,8H2. The molecule has 1 saturated heterocycles. The molecular weight excluding hydrogens is 160 g/mol. The van der Waals surface area contributed by atoms with Crippen molar-refractivity contribution in [2.45, 2.75) is 18.1 Å². The molecule has 4 heteroatoms. The number of hydrogen-bond donors (Lipinski definition) is 1. The Morgan fingerprint density at radius 1 is 1.73 bits per heavy atom. The van der Waals surface area contributed by atoms with Crippen LogP contribution in [0, 0.1) is 0 Å². The third-order valence-corrected chi connectivity index (χ3v) is 3.32. The third-order valence-electron chi connectivity index (χ3n) is 1.90. The Kier molecular flexibility index (Phi) is 1.77. The van der Waals surface area contributed by atoms with Crippen LogP contribution in [0.15, 0.2) is 10.7 Å². The van der Waals surface area contributed by atoms with E-state index in [1.54, 1.807) is 6.20 Å². The van der Waals surface area contributed by atoms with Crippen LogP contribution in [0.25, 0.3) is 0 Å². The van der Waals surface area contributed by atoms with E-state index in [1.807, 2.05) is 11.8 Å². The molecule has 1 fully saturated rings. The van der Waals surface area contributed by atoms with Crippen LogP contribution >= 0.6 is 11.8 Å². The second-order valence-electron chi connectivity index (χ2n) is 2.65. The average molecular weight is 170 g/mol. The van der Waals surface area contributed by atoms with Crippen molar-refractivity contribution in [3.8, 4) is 0 Å². The van der Waals surface area contributed by atoms with E-state index in [1.165, 1.54) is 18.6 Å². The van der Waals surface area contributed by atoms with Gasteiger partial charge in [-0.15, -0.1) is 0 Å². The summed E-state index contributed by atoms with van der Waals surface area (Å²) in [7, 11) is 0. The quantitative estimate of drug-likeness (QED) is 0.698. The topological polar surface area (TPSA) is 52.0 Å². The SMILES string of the molecule is Nc1oncc1C1CCCS1. The molecule has 2 N–H and O–H groups in total. The van der Waals surface area contributed by atoms with E-state index in [0.717, 1.165) is 5.56 Å². The van der Waals surface area contributed by atoms with Gasteiger partial charge in [-0.1, -0.05) is 5.16 Å². The van der Waals surface area contributed by atoms with Crippen molar-refractivity contribution in [3.63, 3.8) is 0 Å². The number of nitrogen functional groups attached to an aromatic ring is 1. The van der Waals surface area contributed by atoms with Crippen molar-refractivity contribution in [2.75, 3.05) is 11.5 Å². The highest BCUT2D eigenvalue weighted by Gasteiger charge is 2.21. The van der Waals surface area contributed by atoms with Crippen LogP contribution in [0.3, 0.4) is 0 Å². The Morgan fingerprint density at radius 2 is 2.64 bits per heavy atom. The fourth-order valence-corrected chi connectivity index (χ4v) is 2.63. The highest BCUT2D eigenvalue weighted by molar-refractivity contribution is 7.99. The fourth-order valence-electron chi connectivity index (χ4n) is 1.32. The number of nitrogens with zero attached hydrogens (tertiary/aromatic N) is 1. The number of aromatic nitrogens is 1. The molecule has 3 nitrogen and oxygen atoms in total. The first-order valence-electron chi connectivity index (χ1n) is 3.69. The third kappa shape index (κ3) is 1.22. The van der Waals surface area contributed by atoms with Crippen molar-refractivity contribution >= 4 is 17.6 Å². The Morgan fingerprint density at radius 3 is 3.18 bits per heavy atom. The minimum Gasteiger partial charge on any atom is -0.367 e. The lowest BCUT2D eigenvalue weighted by Crippen LogP contribution is -1.91. The zero-order chi connectivity index (χ0) is 7.68. The summed E-state index contributed by atoms with van der Waals surface area (Å²) in [5.74, 6) is 1.72. The van der Waals surface area contributed by atoms with Crippen molar-refractivity contribution in [1.29, 1.82) is 0 Å². The van der Waals surface area contributed by atoms with Crippen molar-refractivity contribution in [2.24, 2.45) is 0 Å². The zero-order valence-corrected chi connectivity index (χ0v) is 6.93. The van der Waals surface area contributed by atoms with Crippen LogP contribution in [-0.2, 0) is 0 Å². The van der Waals surface area contributed by atoms with E-state index in [2.05, 4.69) is 5.16 Å². The van der Waals surface area contributed by atoms with Crippen molar-refractivity contribution in [1.82, 2.24) is 5.16 Å². The maximum atomic E-state index is 5.58. The summed E-state index contributed by atoms with van der Waals surface area (Å²) in [6.07, 6.45) is 4.22. The number of nitrogens with two attached hydrogens (primary N) is 1. The van der Waals surface area contributed by atoms with Gasteiger partial charge in [0.15, 0.2) is 0 Å². The second-order valence-corrected chi connectivity index (χ2v) is 3.96. The largest absolute Gasteiger partial charge is 0.367 e. The summed E-state index contributed by atoms with van der Waals surface area (Å²) in [6.45, 7) is 0. The average Bonchev–Trinajstić information content (AvgIpc) is 2.55. The molecule has 0 aromatic carbocycles. The predicted octanol–water partition coefficient (Wildman–Crippen LogP) is 1.82. The maximum Gasteiger partial charge on any atom is 0.226 e. The minimum atomic E-state index is 0.490. The van der Waals surface area contributed by atoms with E-state index in [0.29, 0.717) is 11.1 Å². The number of rotatable bonds is 1. The van der Waals surface area contributed by atoms with Gasteiger partial charge in [0, 0.05) is 10.8 Å². The first kappa shape index (κ1) is 7.03. The van der Waals surface area contributed by atoms with Gasteiger partial charge in [0.2, 0.25) is 5.88 Å². The van der Waals surface area contributed by atoms with E-state index >= 15 is 0 Å². The van der Waals surface area contributed by atoms with Crippen LogP contribution in [0.2, 0.25) is 0 Å². The van der Waals surface area contributed by atoms with Gasteiger partial charge in [-0.2, -0.15) is 11.8 Å². The maximum absolute atomic E-state index is 5.58. The first-order valence-corrected chi connectivity index (χ1v) is 4.74. The summed E-state index contributed by atoms with van der Waals surface area (Å²) in [5, 5.41) is 4.18. The fraction of sp³-hybridized carbons (Fsp3) is 0.571. The molecule has 0 amide bonds. The van der Waals surface area contributed by atoms with Crippen LogP contribution in [0.1, 0.15) is 23.7 Å². The van der Waals surface area contributed by atoms with Gasteiger partial charge in [-0.3, -0.25) is 0 Å². The molecule has 1 unspecified atom stereocenters. The van der Waals surface area contributed by atoms with Gasteiger partial charge in [-0.25, -0.2) is 0 Å². The van der Waals surface area contributed by atoms with Crippen LogP contribution in [0.4, 0.5) is 5.88 Å². The van der Waals surface area contributed by atoms with Crippen LogP contribution < -0.4 is 5.73 Å². The lowest BCUT2D eigenvalue weighted by molar-refractivity contribution is 0.436. The Balaban J connectivity index is 2.21. The highest BCUT2D eigenvalue weighted by Crippen LogP contribution is 2.41. The molecule has 0 radical (unpaired) electrons. The van der Waals surface area contributed by atoms with Gasteiger partial charge in [-0.05, 0) is 18.6 Å². The molecule has 1 aliphatic heterocycles. The normalized spacial score (nSPS) is 24.2. The zero-order valence-electron chi connectivity index (χ0n) is 6.12. The van der Waals surface area contributed by atoms with E-state index in [9.17, 15) is 0 Å². The van der Waals surface area contributed by atoms with Gasteiger partial charge in [0.25, 0.3) is 0 Å². The van der Waals surface area contributed by atoms with Crippen molar-refractivity contribution in [3.05, 3.63) is 11.8 Å². The van der Waals surface area contributed by atoms with E-state index in [4.69, 9.17) is 10.3 Å². The highest BCUT2D eigenvalue weighted by atomic mass is 32.2. The Labute approximate surface area is 69.3 Å². The Bertz CT molecular complexity index is 242. The van der Waals surface area contributed by atoms with E-state index < -0.39 is 0 Å². The van der Waals surface area contributed by atoms with Crippen molar-refractivity contribution < 1.29 is 4.52 Å². The minimum absolute atomic E-state index is 0.490. The number of thioether (sulfide) groups is 1. The van der Waals surface area contributed by atoms with Gasteiger partial charge < -0.3 is 10.3 Å². The van der Waals surface area contributed by atoms with Crippen LogP contribution in [0.5, 0.6) is 0 Å². The molecule has 2 rings (SSSR count). The molecule has 1 aliphatic rings. The Hall–Kier alpha value is -0.640. The summed E-state index contributed by atoms with van der Waals surface area (Å²) in [6, 6.07) is 0. The number of anilines is 1. The smallest absolute Gasteiger partial charge is 0.226 e. The number of hydrogen-bond acceptors (Lipinski definition) is 4. The van der Waals surface area contributed by atoms with Crippen LogP contribution in [-0.4, -0.2) is 10.9 Å². The lowest BCUT2D eigenvalue weighted by Gasteiger charge is -2.03. The molecular formula is C7H10N2OS. The molecule has 1 atom stereocenters. The van der Waals surface area contributed by atoms with Gasteiger partial charge in [0.1, 0.15) is 0 Å². The molecule has 0 spiro atoms. The molecule has 11 heavy (non-hydrogen) atoms. The van der Waals surface area contributed by atoms with Gasteiger partial charge >= 0.3 is 0 Å². The second kappa shape index (κ2) is 2.77. The first-order chi connectivity index (χ1) is 5.38. The summed E-state index contributed by atoms with van der Waals surface area (Å²) < 4.78 is 4.79. The summed E-state index contributed by atoms with van der Waals surface area (Å²) in [5.41, 5.74) is 6.65. The molecule has 0 saturated carbocycles. The molecule has 0 aliphatic carbocycles. The summed E-state index contributed by atoms with van der Waals surface area (Å²) >= 11 is 1.93. The lowest BCUT2D eigenvalue weighted by atomic mass is 10.1. The predicted molar refractivity (Wildman–Crippen MR) is 45.3 cm³/mol. The summed E-state index contributed by atoms with van der Waals surface area (Å²) in [4.78, 5) is 0. The molecule has 2 heterocycles. The van der Waals surface area contributed by atoms with E-state index in [-0.39, 0.29) is 0 Å². The molecule has 0 bridgehead atoms.